The van der Waals surface area contributed by atoms with Crippen molar-refractivity contribution in [2.45, 2.75) is 38.1 Å². The first kappa shape index (κ1) is 9.80. The maximum atomic E-state index is 13.3. The zero-order valence-electron chi connectivity index (χ0n) is 7.18. The van der Waals surface area contributed by atoms with Gasteiger partial charge in [0.05, 0.1) is 6.04 Å². The summed E-state index contributed by atoms with van der Waals surface area (Å²) in [6, 6.07) is -0.686. The zero-order valence-corrected chi connectivity index (χ0v) is 7.18. The molecule has 0 aliphatic heterocycles. The molecule has 0 bridgehead atoms. The lowest BCUT2D eigenvalue weighted by atomic mass is 10.2. The molecule has 1 fully saturated rings. The van der Waals surface area contributed by atoms with Crippen molar-refractivity contribution < 1.29 is 13.9 Å². The molecule has 0 spiro atoms. The highest BCUT2D eigenvalue weighted by Gasteiger charge is 2.37. The number of alkyl halides is 1. The summed E-state index contributed by atoms with van der Waals surface area (Å²) in [5.74, 6) is -0.505. The molecule has 13 heavy (non-hydrogen) atoms. The average molecular weight is 187 g/mol. The van der Waals surface area contributed by atoms with Gasteiger partial charge in [0, 0.05) is 11.8 Å². The lowest BCUT2D eigenvalue weighted by Crippen LogP contribution is -2.27. The molecule has 6 heteroatoms. The molecule has 0 N–H and O–H groups in total. The van der Waals surface area contributed by atoms with Crippen LogP contribution in [0.3, 0.4) is 0 Å². The van der Waals surface area contributed by atoms with E-state index in [0.29, 0.717) is 12.8 Å². The minimum Gasteiger partial charge on any atom is -0.459 e. The lowest BCUT2D eigenvalue weighted by molar-refractivity contribution is -0.148. The van der Waals surface area contributed by atoms with Crippen LogP contribution < -0.4 is 0 Å². The van der Waals surface area contributed by atoms with E-state index in [2.05, 4.69) is 10.0 Å². The van der Waals surface area contributed by atoms with E-state index in [1.807, 2.05) is 0 Å². The first-order valence-electron chi connectivity index (χ1n) is 4.00. The predicted molar refractivity (Wildman–Crippen MR) is 42.6 cm³/mol. The van der Waals surface area contributed by atoms with Gasteiger partial charge in [-0.05, 0) is 18.4 Å². The predicted octanol–water partition coefficient (Wildman–Crippen LogP) is 1.73. The van der Waals surface area contributed by atoms with E-state index in [-0.39, 0.29) is 0 Å². The standard InChI is InChI=1S/C7H10FN3O2/c1-4(12)13-6-3-2-5(7(6)8)10-11-9/h5-7H,2-3H2,1H3/t5-,6+,7+/m0/s1. The second-order valence-electron chi connectivity index (χ2n) is 2.94. The fraction of sp³-hybridized carbons (Fsp3) is 0.857. The van der Waals surface area contributed by atoms with E-state index >= 15 is 0 Å². The van der Waals surface area contributed by atoms with Crippen LogP contribution in [0.25, 0.3) is 10.4 Å². The molecule has 0 unspecified atom stereocenters. The van der Waals surface area contributed by atoms with Gasteiger partial charge in [0.15, 0.2) is 0 Å². The average Bonchev–Trinajstić information content (AvgIpc) is 2.36. The first-order valence-corrected chi connectivity index (χ1v) is 4.00. The molecule has 0 aromatic heterocycles. The summed E-state index contributed by atoms with van der Waals surface area (Å²) in [5, 5.41) is 3.28. The van der Waals surface area contributed by atoms with Crippen LogP contribution in [0.5, 0.6) is 0 Å². The SMILES string of the molecule is CC(=O)O[C@@H]1CC[C@H](N=[N+]=[N-])[C@H]1F. The summed E-state index contributed by atoms with van der Waals surface area (Å²) >= 11 is 0. The van der Waals surface area contributed by atoms with Gasteiger partial charge in [-0.15, -0.1) is 0 Å². The molecule has 5 nitrogen and oxygen atoms in total. The number of hydrogen-bond acceptors (Lipinski definition) is 3. The summed E-state index contributed by atoms with van der Waals surface area (Å²) in [6.07, 6.45) is -1.25. The molecule has 3 atom stereocenters. The number of azide groups is 1. The van der Waals surface area contributed by atoms with Crippen molar-refractivity contribution in [3.8, 4) is 0 Å². The second kappa shape index (κ2) is 4.09. The third kappa shape index (κ3) is 2.32. The maximum absolute atomic E-state index is 13.3. The summed E-state index contributed by atoms with van der Waals surface area (Å²) in [4.78, 5) is 13.0. The Labute approximate surface area is 74.5 Å². The minimum atomic E-state index is -1.36. The molecule has 0 amide bonds. The Morgan fingerprint density at radius 3 is 2.92 bits per heavy atom. The van der Waals surface area contributed by atoms with Crippen molar-refractivity contribution >= 4 is 5.97 Å². The zero-order chi connectivity index (χ0) is 9.84. The van der Waals surface area contributed by atoms with Crippen LogP contribution in [-0.2, 0) is 9.53 Å². The quantitative estimate of drug-likeness (QED) is 0.285. The molecule has 0 aromatic carbocycles. The molecule has 0 radical (unpaired) electrons. The molecule has 0 heterocycles. The Hall–Kier alpha value is -1.29. The van der Waals surface area contributed by atoms with Crippen LogP contribution in [0.4, 0.5) is 4.39 Å². The minimum absolute atomic E-state index is 0.421. The summed E-state index contributed by atoms with van der Waals surface area (Å²) < 4.78 is 18.0. The third-order valence-corrected chi connectivity index (χ3v) is 1.99. The van der Waals surface area contributed by atoms with Gasteiger partial charge >= 0.3 is 5.97 Å². The monoisotopic (exact) mass is 187 g/mol. The number of rotatable bonds is 2. The molecule has 0 aromatic rings. The second-order valence-corrected chi connectivity index (χ2v) is 2.94. The Balaban J connectivity index is 2.54. The maximum Gasteiger partial charge on any atom is 0.303 e. The fourth-order valence-corrected chi connectivity index (χ4v) is 1.43. The number of nitrogens with zero attached hydrogens (tertiary/aromatic N) is 3. The largest absolute Gasteiger partial charge is 0.459 e. The number of ether oxygens (including phenoxy) is 1. The fourth-order valence-electron chi connectivity index (χ4n) is 1.43. The van der Waals surface area contributed by atoms with Gasteiger partial charge in [0.25, 0.3) is 0 Å². The van der Waals surface area contributed by atoms with Crippen molar-refractivity contribution in [3.05, 3.63) is 10.4 Å². The number of hydrogen-bond donors (Lipinski definition) is 0. The van der Waals surface area contributed by atoms with Gasteiger partial charge in [0.2, 0.25) is 0 Å². The van der Waals surface area contributed by atoms with Gasteiger partial charge in [-0.25, -0.2) is 4.39 Å². The number of halogens is 1. The topological polar surface area (TPSA) is 75.1 Å². The number of carbonyl (C=O) groups is 1. The van der Waals surface area contributed by atoms with Crippen LogP contribution in [0, 0.1) is 0 Å². The highest BCUT2D eigenvalue weighted by molar-refractivity contribution is 5.66. The van der Waals surface area contributed by atoms with E-state index < -0.39 is 24.3 Å². The summed E-state index contributed by atoms with van der Waals surface area (Å²) in [5.41, 5.74) is 8.10. The Bertz CT molecular complexity index is 252. The van der Waals surface area contributed by atoms with Crippen molar-refractivity contribution in [1.29, 1.82) is 0 Å². The Morgan fingerprint density at radius 1 is 1.69 bits per heavy atom. The van der Waals surface area contributed by atoms with E-state index in [1.165, 1.54) is 6.92 Å². The number of esters is 1. The van der Waals surface area contributed by atoms with Gasteiger partial charge < -0.3 is 4.74 Å². The van der Waals surface area contributed by atoms with E-state index in [9.17, 15) is 9.18 Å². The van der Waals surface area contributed by atoms with Crippen molar-refractivity contribution in [2.24, 2.45) is 5.11 Å². The third-order valence-electron chi connectivity index (χ3n) is 1.99. The van der Waals surface area contributed by atoms with Crippen LogP contribution in [0.15, 0.2) is 5.11 Å². The van der Waals surface area contributed by atoms with E-state index in [4.69, 9.17) is 10.3 Å². The van der Waals surface area contributed by atoms with Gasteiger partial charge in [-0.3, -0.25) is 4.79 Å². The first-order chi connectivity index (χ1) is 6.15. The Kier molecular flexibility index (Phi) is 3.08. The van der Waals surface area contributed by atoms with Crippen LogP contribution >= 0.6 is 0 Å². The van der Waals surface area contributed by atoms with Gasteiger partial charge in [-0.2, -0.15) is 0 Å². The molecular weight excluding hydrogens is 177 g/mol. The van der Waals surface area contributed by atoms with Gasteiger partial charge in [-0.1, -0.05) is 5.11 Å². The van der Waals surface area contributed by atoms with Crippen LogP contribution in [0.1, 0.15) is 19.8 Å². The normalized spacial score (nSPS) is 32.3. The summed E-state index contributed by atoms with van der Waals surface area (Å²) in [6.45, 7) is 1.23. The van der Waals surface area contributed by atoms with Crippen LogP contribution in [-0.4, -0.2) is 24.3 Å². The smallest absolute Gasteiger partial charge is 0.303 e. The molecular formula is C7H10FN3O2. The molecule has 72 valence electrons. The van der Waals surface area contributed by atoms with E-state index in [0.717, 1.165) is 0 Å². The van der Waals surface area contributed by atoms with Crippen LogP contribution in [0.2, 0.25) is 0 Å². The summed E-state index contributed by atoms with van der Waals surface area (Å²) in [7, 11) is 0. The Morgan fingerprint density at radius 2 is 2.38 bits per heavy atom. The molecule has 0 saturated heterocycles. The highest BCUT2D eigenvalue weighted by atomic mass is 19.1. The lowest BCUT2D eigenvalue weighted by Gasteiger charge is -2.13. The van der Waals surface area contributed by atoms with E-state index in [1.54, 1.807) is 0 Å². The van der Waals surface area contributed by atoms with Crippen molar-refractivity contribution in [1.82, 2.24) is 0 Å². The number of carbonyl (C=O) groups excluding carboxylic acids is 1. The van der Waals surface area contributed by atoms with Gasteiger partial charge in [0.1, 0.15) is 12.3 Å². The molecule has 1 saturated carbocycles. The molecule has 1 aliphatic carbocycles. The van der Waals surface area contributed by atoms with Crippen molar-refractivity contribution in [2.75, 3.05) is 0 Å². The van der Waals surface area contributed by atoms with Crippen molar-refractivity contribution in [3.63, 3.8) is 0 Å². The highest BCUT2D eigenvalue weighted by Crippen LogP contribution is 2.28. The molecule has 1 rings (SSSR count). The molecule has 1 aliphatic rings.